The second-order valence-corrected chi connectivity index (χ2v) is 9.19. The van der Waals surface area contributed by atoms with Crippen molar-refractivity contribution in [3.05, 3.63) is 59.9 Å². The molecule has 0 radical (unpaired) electrons. The topological polar surface area (TPSA) is 66.5 Å². The normalized spacial score (nSPS) is 21.0. The van der Waals surface area contributed by atoms with Gasteiger partial charge >= 0.3 is 0 Å². The molecule has 2 atom stereocenters. The van der Waals surface area contributed by atoms with E-state index in [0.29, 0.717) is 30.6 Å². The van der Waals surface area contributed by atoms with E-state index in [4.69, 9.17) is 0 Å². The Labute approximate surface area is 159 Å². The molecule has 1 aliphatic heterocycles. The van der Waals surface area contributed by atoms with Crippen molar-refractivity contribution in [1.82, 2.24) is 4.31 Å². The molecule has 2 aromatic carbocycles. The van der Waals surface area contributed by atoms with Crippen LogP contribution in [0.2, 0.25) is 0 Å². The van der Waals surface area contributed by atoms with E-state index in [1.54, 1.807) is 12.1 Å². The largest absolute Gasteiger partial charge is 0.322 e. The van der Waals surface area contributed by atoms with E-state index in [-0.39, 0.29) is 10.5 Å². The lowest BCUT2D eigenvalue weighted by atomic mass is 9.94. The summed E-state index contributed by atoms with van der Waals surface area (Å²) in [7, 11) is -3.66. The van der Waals surface area contributed by atoms with E-state index in [9.17, 15) is 17.6 Å². The monoisotopic (exact) mass is 390 g/mol. The van der Waals surface area contributed by atoms with Gasteiger partial charge in [-0.2, -0.15) is 4.31 Å². The Morgan fingerprint density at radius 2 is 1.70 bits per heavy atom. The molecule has 1 fully saturated rings. The second-order valence-electron chi connectivity index (χ2n) is 7.26. The number of anilines is 1. The molecule has 0 saturated carbocycles. The predicted molar refractivity (Wildman–Crippen MR) is 102 cm³/mol. The first-order valence-electron chi connectivity index (χ1n) is 8.93. The molecule has 1 aliphatic rings. The van der Waals surface area contributed by atoms with Crippen LogP contribution in [-0.4, -0.2) is 31.7 Å². The molecule has 3 rings (SSSR count). The Bertz CT molecular complexity index is 918. The van der Waals surface area contributed by atoms with E-state index in [1.165, 1.54) is 40.7 Å². The van der Waals surface area contributed by atoms with Gasteiger partial charge in [-0.1, -0.05) is 19.9 Å². The van der Waals surface area contributed by atoms with Crippen molar-refractivity contribution in [2.45, 2.75) is 25.2 Å². The quantitative estimate of drug-likeness (QED) is 0.865. The smallest absolute Gasteiger partial charge is 0.255 e. The molecule has 0 aromatic heterocycles. The van der Waals surface area contributed by atoms with Gasteiger partial charge in [0.05, 0.1) is 4.90 Å². The van der Waals surface area contributed by atoms with Crippen LogP contribution in [0.4, 0.5) is 10.1 Å². The first kappa shape index (κ1) is 19.5. The molecule has 1 N–H and O–H groups in total. The van der Waals surface area contributed by atoms with E-state index in [0.717, 1.165) is 6.42 Å². The maximum atomic E-state index is 13.0. The minimum atomic E-state index is -3.66. The average molecular weight is 390 g/mol. The van der Waals surface area contributed by atoms with Crippen molar-refractivity contribution < 1.29 is 17.6 Å². The standard InChI is InChI=1S/C20H23FN2O3S/c1-14-10-15(2)13-23(12-14)27(25,26)19-5-3-4-16(11-19)20(24)22-18-8-6-17(21)7-9-18/h3-9,11,14-15H,10,12-13H2,1-2H3,(H,22,24). The average Bonchev–Trinajstić information content (AvgIpc) is 2.63. The fourth-order valence-electron chi connectivity index (χ4n) is 3.49. The second kappa shape index (κ2) is 7.78. The van der Waals surface area contributed by atoms with Crippen LogP contribution in [0.15, 0.2) is 53.4 Å². The van der Waals surface area contributed by atoms with Crippen molar-refractivity contribution in [2.75, 3.05) is 18.4 Å². The van der Waals surface area contributed by atoms with Crippen LogP contribution < -0.4 is 5.32 Å². The first-order valence-corrected chi connectivity index (χ1v) is 10.4. The summed E-state index contributed by atoms with van der Waals surface area (Å²) in [4.78, 5) is 12.6. The Morgan fingerprint density at radius 3 is 2.33 bits per heavy atom. The van der Waals surface area contributed by atoms with Crippen LogP contribution in [0.5, 0.6) is 0 Å². The Morgan fingerprint density at radius 1 is 1.07 bits per heavy atom. The molecular weight excluding hydrogens is 367 g/mol. The van der Waals surface area contributed by atoms with Gasteiger partial charge in [0.15, 0.2) is 0 Å². The number of carbonyl (C=O) groups is 1. The summed E-state index contributed by atoms with van der Waals surface area (Å²) in [5.74, 6) is -0.243. The summed E-state index contributed by atoms with van der Waals surface area (Å²) < 4.78 is 40.5. The number of nitrogens with one attached hydrogen (secondary N) is 1. The van der Waals surface area contributed by atoms with Crippen LogP contribution >= 0.6 is 0 Å². The van der Waals surface area contributed by atoms with Gasteiger partial charge < -0.3 is 5.32 Å². The number of rotatable bonds is 4. The van der Waals surface area contributed by atoms with Crippen LogP contribution in [-0.2, 0) is 10.0 Å². The summed E-state index contributed by atoms with van der Waals surface area (Å²) in [6.45, 7) is 5.06. The number of amides is 1. The molecule has 0 aliphatic carbocycles. The van der Waals surface area contributed by atoms with Gasteiger partial charge in [-0.15, -0.1) is 0 Å². The van der Waals surface area contributed by atoms with Crippen LogP contribution in [0.25, 0.3) is 0 Å². The first-order chi connectivity index (χ1) is 12.8. The third kappa shape index (κ3) is 4.54. The molecule has 1 saturated heterocycles. The lowest BCUT2D eigenvalue weighted by Crippen LogP contribution is -2.42. The maximum absolute atomic E-state index is 13.0. The summed E-state index contributed by atoms with van der Waals surface area (Å²) in [5, 5.41) is 2.64. The highest BCUT2D eigenvalue weighted by Crippen LogP contribution is 2.27. The molecule has 1 heterocycles. The van der Waals surface area contributed by atoms with Gasteiger partial charge in [0.25, 0.3) is 5.91 Å². The van der Waals surface area contributed by atoms with Crippen LogP contribution in [0.1, 0.15) is 30.6 Å². The summed E-state index contributed by atoms with van der Waals surface area (Å²) in [5.41, 5.74) is 0.673. The Balaban J connectivity index is 1.82. The van der Waals surface area contributed by atoms with Crippen LogP contribution in [0, 0.1) is 17.7 Å². The highest BCUT2D eigenvalue weighted by atomic mass is 32.2. The highest BCUT2D eigenvalue weighted by Gasteiger charge is 2.31. The molecule has 2 aromatic rings. The van der Waals surface area contributed by atoms with Crippen LogP contribution in [0.3, 0.4) is 0 Å². The molecule has 7 heteroatoms. The summed E-state index contributed by atoms with van der Waals surface area (Å²) in [6, 6.07) is 11.4. The number of carbonyl (C=O) groups excluding carboxylic acids is 1. The number of halogens is 1. The van der Waals surface area contributed by atoms with Gasteiger partial charge in [0.2, 0.25) is 10.0 Å². The van der Waals surface area contributed by atoms with Gasteiger partial charge in [-0.25, -0.2) is 12.8 Å². The SMILES string of the molecule is CC1CC(C)CN(S(=O)(=O)c2cccc(C(=O)Nc3ccc(F)cc3)c2)C1. The third-order valence-electron chi connectivity index (χ3n) is 4.67. The van der Waals surface area contributed by atoms with E-state index >= 15 is 0 Å². The van der Waals surface area contributed by atoms with E-state index in [2.05, 4.69) is 5.32 Å². The van der Waals surface area contributed by atoms with Crippen molar-refractivity contribution >= 4 is 21.6 Å². The third-order valence-corrected chi connectivity index (χ3v) is 6.50. The Kier molecular flexibility index (Phi) is 5.62. The van der Waals surface area contributed by atoms with Gasteiger partial charge in [0.1, 0.15) is 5.82 Å². The Hall–Kier alpha value is -2.25. The number of sulfonamides is 1. The van der Waals surface area contributed by atoms with Gasteiger partial charge in [0, 0.05) is 24.3 Å². The number of benzene rings is 2. The van der Waals surface area contributed by atoms with Crippen molar-refractivity contribution in [1.29, 1.82) is 0 Å². The van der Waals surface area contributed by atoms with Gasteiger partial charge in [-0.05, 0) is 60.7 Å². The number of nitrogens with zero attached hydrogens (tertiary/aromatic N) is 1. The minimum Gasteiger partial charge on any atom is -0.322 e. The zero-order valence-corrected chi connectivity index (χ0v) is 16.2. The molecule has 0 bridgehead atoms. The zero-order valence-electron chi connectivity index (χ0n) is 15.4. The summed E-state index contributed by atoms with van der Waals surface area (Å²) in [6.07, 6.45) is 1.01. The number of hydrogen-bond donors (Lipinski definition) is 1. The lowest BCUT2D eigenvalue weighted by molar-refractivity contribution is 0.102. The lowest BCUT2D eigenvalue weighted by Gasteiger charge is -2.34. The van der Waals surface area contributed by atoms with Crippen molar-refractivity contribution in [3.63, 3.8) is 0 Å². The number of piperidine rings is 1. The molecular formula is C20H23FN2O3S. The molecule has 0 spiro atoms. The highest BCUT2D eigenvalue weighted by molar-refractivity contribution is 7.89. The van der Waals surface area contributed by atoms with Crippen molar-refractivity contribution in [2.24, 2.45) is 11.8 Å². The molecule has 27 heavy (non-hydrogen) atoms. The maximum Gasteiger partial charge on any atom is 0.255 e. The summed E-state index contributed by atoms with van der Waals surface area (Å²) >= 11 is 0. The fourth-order valence-corrected chi connectivity index (χ4v) is 5.21. The molecule has 2 unspecified atom stereocenters. The van der Waals surface area contributed by atoms with E-state index < -0.39 is 21.7 Å². The predicted octanol–water partition coefficient (Wildman–Crippen LogP) is 3.74. The molecule has 144 valence electrons. The minimum absolute atomic E-state index is 0.107. The van der Waals surface area contributed by atoms with Crippen molar-refractivity contribution in [3.8, 4) is 0 Å². The molecule has 5 nitrogen and oxygen atoms in total. The fraction of sp³-hybridized carbons (Fsp3) is 0.350. The number of hydrogen-bond acceptors (Lipinski definition) is 3. The van der Waals surface area contributed by atoms with E-state index in [1.807, 2.05) is 13.8 Å². The molecule has 1 amide bonds. The van der Waals surface area contributed by atoms with Gasteiger partial charge in [-0.3, -0.25) is 4.79 Å². The zero-order chi connectivity index (χ0) is 19.6.